The van der Waals surface area contributed by atoms with Crippen LogP contribution in [0.3, 0.4) is 0 Å². The van der Waals surface area contributed by atoms with E-state index in [0.717, 1.165) is 55.5 Å². The highest BCUT2D eigenvalue weighted by Crippen LogP contribution is 2.13. The zero-order valence-electron chi connectivity index (χ0n) is 16.1. The Balaban J connectivity index is 1.30. The van der Waals surface area contributed by atoms with Crippen LogP contribution in [0.15, 0.2) is 48.5 Å². The van der Waals surface area contributed by atoms with Crippen molar-refractivity contribution in [2.75, 3.05) is 51.1 Å². The Hall–Kier alpha value is -2.23. The number of amides is 2. The lowest BCUT2D eigenvalue weighted by Crippen LogP contribution is -2.48. The van der Waals surface area contributed by atoms with E-state index in [1.807, 2.05) is 24.3 Å². The van der Waals surface area contributed by atoms with Crippen molar-refractivity contribution in [1.82, 2.24) is 15.1 Å². The van der Waals surface area contributed by atoms with Gasteiger partial charge in [-0.1, -0.05) is 35.0 Å². The number of hydrogen-bond donors (Lipinski definition) is 2. The van der Waals surface area contributed by atoms with Gasteiger partial charge in [0.2, 0.25) is 0 Å². The zero-order chi connectivity index (χ0) is 20.5. The highest BCUT2D eigenvalue weighted by molar-refractivity contribution is 6.30. The molecule has 3 rings (SSSR count). The van der Waals surface area contributed by atoms with Gasteiger partial charge in [-0.2, -0.15) is 0 Å². The van der Waals surface area contributed by atoms with Gasteiger partial charge in [0.1, 0.15) is 0 Å². The summed E-state index contributed by atoms with van der Waals surface area (Å²) in [7, 11) is 0. The molecule has 0 saturated carbocycles. The molecule has 2 aromatic carbocycles. The number of hydrogen-bond acceptors (Lipinski definition) is 3. The van der Waals surface area contributed by atoms with Crippen molar-refractivity contribution in [3.63, 3.8) is 0 Å². The maximum Gasteiger partial charge on any atom is 0.319 e. The van der Waals surface area contributed by atoms with Crippen LogP contribution in [0.4, 0.5) is 10.5 Å². The van der Waals surface area contributed by atoms with Crippen LogP contribution < -0.4 is 10.6 Å². The Labute approximate surface area is 182 Å². The number of nitrogens with one attached hydrogen (secondary N) is 2. The highest BCUT2D eigenvalue weighted by Gasteiger charge is 2.15. The predicted octanol–water partition coefficient (Wildman–Crippen LogP) is 3.78. The Morgan fingerprint density at radius 1 is 0.897 bits per heavy atom. The molecule has 0 aromatic heterocycles. The monoisotopic (exact) mass is 430 g/mol. The van der Waals surface area contributed by atoms with Gasteiger partial charge in [-0.05, 0) is 48.5 Å². The Kier molecular flexibility index (Phi) is 8.21. The SMILES string of the molecule is O=C(NCCN1CCN(CC#Cc2ccc(Cl)cc2)CC1)Nc1ccc(Cl)cc1. The van der Waals surface area contributed by atoms with E-state index < -0.39 is 0 Å². The fraction of sp³-hybridized carbons (Fsp3) is 0.318. The fourth-order valence-electron chi connectivity index (χ4n) is 2.99. The van der Waals surface area contributed by atoms with E-state index in [0.29, 0.717) is 11.6 Å². The van der Waals surface area contributed by atoms with E-state index in [2.05, 4.69) is 32.3 Å². The van der Waals surface area contributed by atoms with Gasteiger partial charge in [0.05, 0.1) is 6.54 Å². The van der Waals surface area contributed by atoms with Crippen molar-refractivity contribution >= 4 is 34.9 Å². The number of anilines is 1. The van der Waals surface area contributed by atoms with Gasteiger partial charge in [-0.25, -0.2) is 4.79 Å². The van der Waals surface area contributed by atoms with Crippen LogP contribution in [0.5, 0.6) is 0 Å². The molecule has 29 heavy (non-hydrogen) atoms. The topological polar surface area (TPSA) is 47.6 Å². The number of benzene rings is 2. The third-order valence-corrected chi connectivity index (χ3v) is 5.16. The molecule has 2 N–H and O–H groups in total. The van der Waals surface area contributed by atoms with E-state index >= 15 is 0 Å². The van der Waals surface area contributed by atoms with Gasteiger partial charge in [-0.3, -0.25) is 9.80 Å². The molecule has 0 unspecified atom stereocenters. The number of urea groups is 1. The van der Waals surface area contributed by atoms with Crippen LogP contribution in [0.25, 0.3) is 0 Å². The molecule has 7 heteroatoms. The summed E-state index contributed by atoms with van der Waals surface area (Å²) in [5, 5.41) is 7.06. The first-order valence-corrected chi connectivity index (χ1v) is 10.3. The Morgan fingerprint density at radius 3 is 2.14 bits per heavy atom. The summed E-state index contributed by atoms with van der Waals surface area (Å²) in [6.45, 7) is 6.11. The molecule has 1 heterocycles. The minimum Gasteiger partial charge on any atom is -0.337 e. The number of nitrogens with zero attached hydrogens (tertiary/aromatic N) is 2. The van der Waals surface area contributed by atoms with Gasteiger partial charge in [0.25, 0.3) is 0 Å². The first-order valence-electron chi connectivity index (χ1n) is 9.58. The standard InChI is InChI=1S/C22H24Cl2N4O/c23-19-5-3-18(4-6-19)2-1-12-27-14-16-28(17-15-27)13-11-25-22(29)26-21-9-7-20(24)8-10-21/h3-10H,11-17H2,(H2,25,26,29). The quantitative estimate of drug-likeness (QED) is 0.709. The third kappa shape index (κ3) is 7.60. The van der Waals surface area contributed by atoms with E-state index in [1.54, 1.807) is 24.3 Å². The number of carbonyl (C=O) groups excluding carboxylic acids is 1. The fourth-order valence-corrected chi connectivity index (χ4v) is 3.25. The zero-order valence-corrected chi connectivity index (χ0v) is 17.6. The first kappa shape index (κ1) is 21.5. The van der Waals surface area contributed by atoms with E-state index in [4.69, 9.17) is 23.2 Å². The minimum absolute atomic E-state index is 0.205. The van der Waals surface area contributed by atoms with Crippen LogP contribution in [0, 0.1) is 11.8 Å². The molecular formula is C22H24Cl2N4O. The number of piperazine rings is 1. The average molecular weight is 431 g/mol. The second kappa shape index (κ2) is 11.1. The van der Waals surface area contributed by atoms with Gasteiger partial charge in [-0.15, -0.1) is 0 Å². The summed E-state index contributed by atoms with van der Waals surface area (Å²) in [5.41, 5.74) is 1.70. The van der Waals surface area contributed by atoms with Crippen molar-refractivity contribution in [3.8, 4) is 11.8 Å². The van der Waals surface area contributed by atoms with Crippen molar-refractivity contribution in [3.05, 3.63) is 64.1 Å². The smallest absolute Gasteiger partial charge is 0.319 e. The summed E-state index contributed by atoms with van der Waals surface area (Å²) in [5.74, 6) is 6.41. The Bertz CT molecular complexity index is 851. The molecule has 0 atom stereocenters. The third-order valence-electron chi connectivity index (χ3n) is 4.66. The summed E-state index contributed by atoms with van der Waals surface area (Å²) in [6, 6.07) is 14.4. The van der Waals surface area contributed by atoms with Gasteiger partial charge in [0.15, 0.2) is 0 Å². The molecule has 1 aliphatic rings. The van der Waals surface area contributed by atoms with Crippen LogP contribution >= 0.6 is 23.2 Å². The molecule has 0 aliphatic carbocycles. The molecule has 0 spiro atoms. The van der Waals surface area contributed by atoms with Crippen molar-refractivity contribution in [2.45, 2.75) is 0 Å². The van der Waals surface area contributed by atoms with Gasteiger partial charge >= 0.3 is 6.03 Å². The number of rotatable bonds is 5. The maximum absolute atomic E-state index is 11.9. The summed E-state index contributed by atoms with van der Waals surface area (Å²) in [6.07, 6.45) is 0. The Morgan fingerprint density at radius 2 is 1.48 bits per heavy atom. The van der Waals surface area contributed by atoms with Crippen molar-refractivity contribution in [1.29, 1.82) is 0 Å². The summed E-state index contributed by atoms with van der Waals surface area (Å²) in [4.78, 5) is 16.6. The predicted molar refractivity (Wildman–Crippen MR) is 120 cm³/mol. The first-order chi connectivity index (χ1) is 14.1. The lowest BCUT2D eigenvalue weighted by atomic mass is 10.2. The summed E-state index contributed by atoms with van der Waals surface area (Å²) < 4.78 is 0. The molecule has 2 aromatic rings. The molecular weight excluding hydrogens is 407 g/mol. The van der Waals surface area contributed by atoms with Gasteiger partial charge in [0, 0.05) is 60.6 Å². The second-order valence-corrected chi connectivity index (χ2v) is 7.69. The van der Waals surface area contributed by atoms with Crippen molar-refractivity contribution in [2.24, 2.45) is 0 Å². The van der Waals surface area contributed by atoms with E-state index in [1.165, 1.54) is 0 Å². The van der Waals surface area contributed by atoms with E-state index in [-0.39, 0.29) is 6.03 Å². The number of halogens is 2. The highest BCUT2D eigenvalue weighted by atomic mass is 35.5. The minimum atomic E-state index is -0.205. The lowest BCUT2D eigenvalue weighted by molar-refractivity contribution is 0.145. The van der Waals surface area contributed by atoms with Gasteiger partial charge < -0.3 is 10.6 Å². The van der Waals surface area contributed by atoms with E-state index in [9.17, 15) is 4.79 Å². The molecule has 1 fully saturated rings. The van der Waals surface area contributed by atoms with Crippen LogP contribution in [0.2, 0.25) is 10.0 Å². The van der Waals surface area contributed by atoms with Crippen molar-refractivity contribution < 1.29 is 4.79 Å². The average Bonchev–Trinajstić information content (AvgIpc) is 2.72. The molecule has 5 nitrogen and oxygen atoms in total. The normalized spacial score (nSPS) is 14.7. The maximum atomic E-state index is 11.9. The molecule has 0 radical (unpaired) electrons. The molecule has 0 bridgehead atoms. The van der Waals surface area contributed by atoms with Crippen LogP contribution in [-0.2, 0) is 0 Å². The molecule has 2 amide bonds. The van der Waals surface area contributed by atoms with Crippen LogP contribution in [-0.4, -0.2) is 61.6 Å². The largest absolute Gasteiger partial charge is 0.337 e. The molecule has 1 aliphatic heterocycles. The molecule has 152 valence electrons. The molecule has 1 saturated heterocycles. The lowest BCUT2D eigenvalue weighted by Gasteiger charge is -2.33. The number of carbonyl (C=O) groups is 1. The second-order valence-electron chi connectivity index (χ2n) is 6.81. The summed E-state index contributed by atoms with van der Waals surface area (Å²) >= 11 is 11.7. The van der Waals surface area contributed by atoms with Crippen LogP contribution in [0.1, 0.15) is 5.56 Å².